The highest BCUT2D eigenvalue weighted by atomic mass is 16.5. The molecule has 124 valence electrons. The molecular formula is C19H16N4O2. The number of fused-ring (bicyclic) bond motifs is 1. The molecule has 0 saturated carbocycles. The minimum atomic E-state index is -0.484. The molecular weight excluding hydrogens is 316 g/mol. The number of para-hydroxylation sites is 1. The highest BCUT2D eigenvalue weighted by Crippen LogP contribution is 2.23. The van der Waals surface area contributed by atoms with Gasteiger partial charge in [-0.05, 0) is 18.2 Å². The van der Waals surface area contributed by atoms with Crippen LogP contribution in [0.25, 0.3) is 17.0 Å². The summed E-state index contributed by atoms with van der Waals surface area (Å²) >= 11 is 0. The van der Waals surface area contributed by atoms with E-state index < -0.39 is 5.91 Å². The van der Waals surface area contributed by atoms with E-state index in [-0.39, 0.29) is 5.57 Å². The van der Waals surface area contributed by atoms with Gasteiger partial charge in [0.05, 0.1) is 19.0 Å². The molecule has 25 heavy (non-hydrogen) atoms. The molecule has 0 saturated heterocycles. The summed E-state index contributed by atoms with van der Waals surface area (Å²) in [7, 11) is 3.44. The zero-order chi connectivity index (χ0) is 17.8. The molecule has 2 heterocycles. The highest BCUT2D eigenvalue weighted by Gasteiger charge is 2.12. The van der Waals surface area contributed by atoms with E-state index in [9.17, 15) is 10.1 Å². The Morgan fingerprint density at radius 1 is 1.32 bits per heavy atom. The first-order chi connectivity index (χ1) is 12.1. The summed E-state index contributed by atoms with van der Waals surface area (Å²) in [6, 6.07) is 13.1. The number of anilines is 1. The topological polar surface area (TPSA) is 79.9 Å². The zero-order valence-corrected chi connectivity index (χ0v) is 13.9. The number of methoxy groups -OCH3 is 1. The molecule has 3 aromatic rings. The summed E-state index contributed by atoms with van der Waals surface area (Å²) in [6.45, 7) is 0. The van der Waals surface area contributed by atoms with Crippen LogP contribution in [0.3, 0.4) is 0 Å². The number of hydrogen-bond donors (Lipinski definition) is 1. The number of carbonyl (C=O) groups is 1. The summed E-state index contributed by atoms with van der Waals surface area (Å²) < 4.78 is 6.93. The van der Waals surface area contributed by atoms with Crippen molar-refractivity contribution in [3.8, 4) is 11.9 Å². The summed E-state index contributed by atoms with van der Waals surface area (Å²) in [5, 5.41) is 13.0. The Kier molecular flexibility index (Phi) is 4.48. The van der Waals surface area contributed by atoms with Gasteiger partial charge in [-0.25, -0.2) is 4.98 Å². The van der Waals surface area contributed by atoms with Crippen molar-refractivity contribution in [3.05, 3.63) is 59.9 Å². The molecule has 3 rings (SSSR count). The normalized spacial score (nSPS) is 11.2. The molecule has 0 radical (unpaired) electrons. The number of carbonyl (C=O) groups excluding carboxylic acids is 1. The molecule has 0 atom stereocenters. The van der Waals surface area contributed by atoms with Gasteiger partial charge < -0.3 is 14.6 Å². The molecule has 1 aromatic carbocycles. The van der Waals surface area contributed by atoms with Crippen LogP contribution in [0.2, 0.25) is 0 Å². The van der Waals surface area contributed by atoms with Crippen molar-refractivity contribution >= 4 is 28.6 Å². The highest BCUT2D eigenvalue weighted by molar-refractivity contribution is 6.10. The Labute approximate surface area is 145 Å². The number of ether oxygens (including phenoxy) is 1. The largest absolute Gasteiger partial charge is 0.481 e. The molecule has 2 aromatic heterocycles. The predicted octanol–water partition coefficient (Wildman–Crippen LogP) is 3.13. The summed E-state index contributed by atoms with van der Waals surface area (Å²) in [5.74, 6) is -0.0350. The monoisotopic (exact) mass is 332 g/mol. The van der Waals surface area contributed by atoms with Crippen molar-refractivity contribution in [1.29, 1.82) is 5.26 Å². The van der Waals surface area contributed by atoms with E-state index in [0.717, 1.165) is 16.5 Å². The van der Waals surface area contributed by atoms with E-state index in [2.05, 4.69) is 10.3 Å². The van der Waals surface area contributed by atoms with Gasteiger partial charge in [0, 0.05) is 35.8 Å². The van der Waals surface area contributed by atoms with Crippen molar-refractivity contribution in [2.24, 2.45) is 7.05 Å². The van der Waals surface area contributed by atoms with Gasteiger partial charge in [0.15, 0.2) is 0 Å². The number of benzene rings is 1. The van der Waals surface area contributed by atoms with Crippen LogP contribution in [0.4, 0.5) is 5.69 Å². The maximum Gasteiger partial charge on any atom is 0.266 e. The fraction of sp³-hybridized carbons (Fsp3) is 0.105. The van der Waals surface area contributed by atoms with Crippen LogP contribution in [0, 0.1) is 11.3 Å². The first-order valence-electron chi connectivity index (χ1n) is 7.59. The molecule has 0 spiro atoms. The minimum Gasteiger partial charge on any atom is -0.481 e. The smallest absolute Gasteiger partial charge is 0.266 e. The summed E-state index contributed by atoms with van der Waals surface area (Å²) in [5.41, 5.74) is 2.36. The second-order valence-electron chi connectivity index (χ2n) is 5.43. The van der Waals surface area contributed by atoms with Gasteiger partial charge >= 0.3 is 0 Å². The second-order valence-corrected chi connectivity index (χ2v) is 5.43. The standard InChI is InChI=1S/C19H16N4O2/c1-23-12-14(16-5-3-4-6-17(16)23)9-13(10-20)19(24)22-15-7-8-18(25-2)21-11-15/h3-9,11-12H,1-2H3,(H,22,24). The van der Waals surface area contributed by atoms with Crippen LogP contribution < -0.4 is 10.1 Å². The van der Waals surface area contributed by atoms with Gasteiger partial charge in [-0.3, -0.25) is 4.79 Å². The fourth-order valence-corrected chi connectivity index (χ4v) is 2.57. The van der Waals surface area contributed by atoms with Crippen LogP contribution in [0.5, 0.6) is 5.88 Å². The number of amides is 1. The van der Waals surface area contributed by atoms with E-state index in [1.165, 1.54) is 13.3 Å². The number of nitrogens with zero attached hydrogens (tertiary/aromatic N) is 3. The quantitative estimate of drug-likeness (QED) is 0.588. The number of hydrogen-bond acceptors (Lipinski definition) is 4. The van der Waals surface area contributed by atoms with E-state index in [1.807, 2.05) is 48.1 Å². The molecule has 6 nitrogen and oxygen atoms in total. The van der Waals surface area contributed by atoms with Crippen molar-refractivity contribution in [2.45, 2.75) is 0 Å². The average molecular weight is 332 g/mol. The number of nitriles is 1. The van der Waals surface area contributed by atoms with Crippen LogP contribution >= 0.6 is 0 Å². The maximum atomic E-state index is 12.4. The van der Waals surface area contributed by atoms with Gasteiger partial charge in [-0.1, -0.05) is 18.2 Å². The molecule has 0 aliphatic carbocycles. The van der Waals surface area contributed by atoms with Gasteiger partial charge in [0.2, 0.25) is 5.88 Å². The lowest BCUT2D eigenvalue weighted by Gasteiger charge is -2.04. The van der Waals surface area contributed by atoms with Crippen LogP contribution in [-0.2, 0) is 11.8 Å². The van der Waals surface area contributed by atoms with E-state index in [0.29, 0.717) is 11.6 Å². The zero-order valence-electron chi connectivity index (χ0n) is 13.9. The number of aromatic nitrogens is 2. The lowest BCUT2D eigenvalue weighted by atomic mass is 10.1. The van der Waals surface area contributed by atoms with Gasteiger partial charge in [-0.15, -0.1) is 0 Å². The Bertz CT molecular complexity index is 994. The Hall–Kier alpha value is -3.59. The van der Waals surface area contributed by atoms with Crippen molar-refractivity contribution in [3.63, 3.8) is 0 Å². The number of pyridine rings is 1. The maximum absolute atomic E-state index is 12.4. The summed E-state index contributed by atoms with van der Waals surface area (Å²) in [6.07, 6.45) is 4.96. The lowest BCUT2D eigenvalue weighted by molar-refractivity contribution is -0.112. The first kappa shape index (κ1) is 16.3. The summed E-state index contributed by atoms with van der Waals surface area (Å²) in [4.78, 5) is 16.4. The molecule has 0 unspecified atom stereocenters. The first-order valence-corrected chi connectivity index (χ1v) is 7.59. The van der Waals surface area contributed by atoms with Crippen LogP contribution in [0.1, 0.15) is 5.56 Å². The molecule has 0 aliphatic rings. The fourth-order valence-electron chi connectivity index (χ4n) is 2.57. The average Bonchev–Trinajstić information content (AvgIpc) is 2.96. The molecule has 1 amide bonds. The Balaban J connectivity index is 1.88. The molecule has 1 N–H and O–H groups in total. The van der Waals surface area contributed by atoms with E-state index in [4.69, 9.17) is 4.74 Å². The second kappa shape index (κ2) is 6.89. The third-order valence-electron chi connectivity index (χ3n) is 3.80. The number of aryl methyl sites for hydroxylation is 1. The van der Waals surface area contributed by atoms with Gasteiger partial charge in [0.1, 0.15) is 11.6 Å². The van der Waals surface area contributed by atoms with E-state index in [1.54, 1.807) is 18.2 Å². The number of rotatable bonds is 4. The Morgan fingerprint density at radius 2 is 2.12 bits per heavy atom. The third kappa shape index (κ3) is 3.35. The molecule has 0 bridgehead atoms. The Morgan fingerprint density at radius 3 is 2.80 bits per heavy atom. The van der Waals surface area contributed by atoms with Crippen molar-refractivity contribution in [2.75, 3.05) is 12.4 Å². The van der Waals surface area contributed by atoms with Crippen LogP contribution in [-0.4, -0.2) is 22.6 Å². The van der Waals surface area contributed by atoms with Crippen LogP contribution in [0.15, 0.2) is 54.4 Å². The predicted molar refractivity (Wildman–Crippen MR) is 95.9 cm³/mol. The third-order valence-corrected chi connectivity index (χ3v) is 3.80. The molecule has 6 heteroatoms. The van der Waals surface area contributed by atoms with Crippen molar-refractivity contribution in [1.82, 2.24) is 9.55 Å². The lowest BCUT2D eigenvalue weighted by Crippen LogP contribution is -2.13. The van der Waals surface area contributed by atoms with Crippen molar-refractivity contribution < 1.29 is 9.53 Å². The van der Waals surface area contributed by atoms with E-state index >= 15 is 0 Å². The van der Waals surface area contributed by atoms with Gasteiger partial charge in [0.25, 0.3) is 5.91 Å². The van der Waals surface area contributed by atoms with Gasteiger partial charge in [-0.2, -0.15) is 5.26 Å². The molecule has 0 aliphatic heterocycles. The SMILES string of the molecule is COc1ccc(NC(=O)C(C#N)=Cc2cn(C)c3ccccc23)cn1. The molecule has 0 fully saturated rings. The number of nitrogens with one attached hydrogen (secondary N) is 1. The minimum absolute atomic E-state index is 0.0205.